The van der Waals surface area contributed by atoms with E-state index in [0.29, 0.717) is 22.8 Å². The highest BCUT2D eigenvalue weighted by Crippen LogP contribution is 2.30. The number of hydrogen-bond acceptors (Lipinski definition) is 8. The van der Waals surface area contributed by atoms with Crippen LogP contribution in [0, 0.1) is 12.7 Å². The van der Waals surface area contributed by atoms with E-state index in [-0.39, 0.29) is 17.1 Å². The van der Waals surface area contributed by atoms with Crippen molar-refractivity contribution in [3.63, 3.8) is 0 Å². The summed E-state index contributed by atoms with van der Waals surface area (Å²) in [5, 5.41) is 19.0. The standard InChI is InChI=1S/C21H21FN8O/c1-13-11-30-12-15(7-16(22)20(30)25-13)14-8-18(31)19(23-9-14)17-10-24-21(27-26-17)29-5-3-28(2)4-6-29/h7-12,31H,3-6H2,1-2H3. The van der Waals surface area contributed by atoms with E-state index in [1.807, 2.05) is 0 Å². The van der Waals surface area contributed by atoms with Crippen LogP contribution in [0.15, 0.2) is 36.9 Å². The van der Waals surface area contributed by atoms with E-state index in [9.17, 15) is 9.50 Å². The van der Waals surface area contributed by atoms with Crippen LogP contribution in [-0.4, -0.2) is 72.8 Å². The predicted molar refractivity (Wildman–Crippen MR) is 113 cm³/mol. The molecule has 1 N–H and O–H groups in total. The molecule has 0 atom stereocenters. The minimum Gasteiger partial charge on any atom is -0.506 e. The second-order valence-corrected chi connectivity index (χ2v) is 7.72. The highest BCUT2D eigenvalue weighted by molar-refractivity contribution is 5.71. The molecule has 1 saturated heterocycles. The van der Waals surface area contributed by atoms with Crippen molar-refractivity contribution in [3.05, 3.63) is 48.4 Å². The topological polar surface area (TPSA) is 95.6 Å². The van der Waals surface area contributed by atoms with Crippen LogP contribution in [-0.2, 0) is 0 Å². The number of likely N-dealkylation sites (N-methyl/N-ethyl adjacent to an activating group) is 1. The van der Waals surface area contributed by atoms with Crippen LogP contribution in [0.25, 0.3) is 28.2 Å². The van der Waals surface area contributed by atoms with Crippen LogP contribution in [0.2, 0.25) is 0 Å². The molecule has 0 aromatic carbocycles. The van der Waals surface area contributed by atoms with Crippen LogP contribution in [0.3, 0.4) is 0 Å². The number of anilines is 1. The average molecular weight is 420 g/mol. The number of imidazole rings is 1. The summed E-state index contributed by atoms with van der Waals surface area (Å²) in [4.78, 5) is 17.2. The van der Waals surface area contributed by atoms with Crippen molar-refractivity contribution in [1.29, 1.82) is 0 Å². The highest BCUT2D eigenvalue weighted by atomic mass is 19.1. The molecule has 158 valence electrons. The van der Waals surface area contributed by atoms with Gasteiger partial charge in [0.1, 0.15) is 17.1 Å². The van der Waals surface area contributed by atoms with Gasteiger partial charge in [-0.05, 0) is 26.1 Å². The third-order valence-corrected chi connectivity index (χ3v) is 5.41. The lowest BCUT2D eigenvalue weighted by Crippen LogP contribution is -2.45. The van der Waals surface area contributed by atoms with E-state index in [0.717, 1.165) is 31.9 Å². The van der Waals surface area contributed by atoms with Gasteiger partial charge in [0.25, 0.3) is 0 Å². The number of aromatic hydroxyl groups is 1. The van der Waals surface area contributed by atoms with Gasteiger partial charge in [0.05, 0.1) is 11.9 Å². The minimum atomic E-state index is -0.441. The number of fused-ring (bicyclic) bond motifs is 1. The average Bonchev–Trinajstić information content (AvgIpc) is 3.15. The number of pyridine rings is 2. The molecule has 1 fully saturated rings. The Bertz CT molecular complexity index is 1250. The Labute approximate surface area is 177 Å². The maximum atomic E-state index is 14.4. The summed E-state index contributed by atoms with van der Waals surface area (Å²) >= 11 is 0. The number of aryl methyl sites for hydroxylation is 1. The maximum absolute atomic E-state index is 14.4. The van der Waals surface area contributed by atoms with Gasteiger partial charge in [-0.1, -0.05) is 0 Å². The Morgan fingerprint density at radius 1 is 0.968 bits per heavy atom. The summed E-state index contributed by atoms with van der Waals surface area (Å²) in [5.41, 5.74) is 2.77. The van der Waals surface area contributed by atoms with Gasteiger partial charge in [-0.25, -0.2) is 19.3 Å². The fraction of sp³-hybridized carbons (Fsp3) is 0.286. The molecule has 4 aromatic heterocycles. The SMILES string of the molecule is Cc1cn2cc(-c3cnc(-c4cnc(N5CCN(C)CC5)nn4)c(O)c3)cc(F)c2n1. The Morgan fingerprint density at radius 2 is 1.77 bits per heavy atom. The van der Waals surface area contributed by atoms with Gasteiger partial charge in [0.2, 0.25) is 5.95 Å². The van der Waals surface area contributed by atoms with Crippen molar-refractivity contribution in [2.75, 3.05) is 38.1 Å². The summed E-state index contributed by atoms with van der Waals surface area (Å²) in [5.74, 6) is 0.0411. The first-order valence-corrected chi connectivity index (χ1v) is 9.96. The molecule has 0 aliphatic carbocycles. The second kappa shape index (κ2) is 7.55. The van der Waals surface area contributed by atoms with Crippen molar-refractivity contribution >= 4 is 11.6 Å². The first kappa shape index (κ1) is 19.3. The fourth-order valence-electron chi connectivity index (χ4n) is 3.67. The number of aromatic nitrogens is 6. The molecule has 1 aliphatic heterocycles. The molecule has 1 aliphatic rings. The summed E-state index contributed by atoms with van der Waals surface area (Å²) in [6.07, 6.45) is 6.62. The van der Waals surface area contributed by atoms with Crippen molar-refractivity contribution in [2.24, 2.45) is 0 Å². The Balaban J connectivity index is 1.42. The lowest BCUT2D eigenvalue weighted by atomic mass is 10.1. The van der Waals surface area contributed by atoms with Crippen LogP contribution in [0.5, 0.6) is 5.75 Å². The molecule has 0 bridgehead atoms. The largest absolute Gasteiger partial charge is 0.506 e. The van der Waals surface area contributed by atoms with Gasteiger partial charge in [-0.15, -0.1) is 10.2 Å². The number of halogens is 1. The van der Waals surface area contributed by atoms with Crippen molar-refractivity contribution in [2.45, 2.75) is 6.92 Å². The molecule has 5 heterocycles. The van der Waals surface area contributed by atoms with Crippen LogP contribution < -0.4 is 4.90 Å². The lowest BCUT2D eigenvalue weighted by molar-refractivity contribution is 0.311. The summed E-state index contributed by atoms with van der Waals surface area (Å²) in [6, 6.07) is 2.91. The molecular weight excluding hydrogens is 399 g/mol. The van der Waals surface area contributed by atoms with E-state index >= 15 is 0 Å². The number of hydrogen-bond donors (Lipinski definition) is 1. The molecule has 0 spiro atoms. The molecule has 9 nitrogen and oxygen atoms in total. The highest BCUT2D eigenvalue weighted by Gasteiger charge is 2.18. The molecule has 0 radical (unpaired) electrons. The number of rotatable bonds is 3. The molecule has 0 unspecified atom stereocenters. The quantitative estimate of drug-likeness (QED) is 0.539. The predicted octanol–water partition coefficient (Wildman–Crippen LogP) is 2.15. The Kier molecular flexibility index (Phi) is 4.70. The normalized spacial score (nSPS) is 15.0. The van der Waals surface area contributed by atoms with E-state index in [4.69, 9.17) is 0 Å². The Hall–Kier alpha value is -3.66. The minimum absolute atomic E-state index is 0.0803. The molecule has 4 aromatic rings. The summed E-state index contributed by atoms with van der Waals surface area (Å²) in [6.45, 7) is 5.37. The van der Waals surface area contributed by atoms with E-state index in [2.05, 4.69) is 42.0 Å². The van der Waals surface area contributed by atoms with E-state index in [1.165, 1.54) is 12.1 Å². The van der Waals surface area contributed by atoms with Gasteiger partial charge < -0.3 is 19.3 Å². The van der Waals surface area contributed by atoms with Crippen LogP contribution in [0.4, 0.5) is 10.3 Å². The van der Waals surface area contributed by atoms with E-state index < -0.39 is 5.82 Å². The third kappa shape index (κ3) is 3.66. The number of nitrogens with zero attached hydrogens (tertiary/aromatic N) is 8. The van der Waals surface area contributed by atoms with Crippen molar-refractivity contribution in [1.82, 2.24) is 34.4 Å². The molecule has 10 heteroatoms. The van der Waals surface area contributed by atoms with Crippen LogP contribution >= 0.6 is 0 Å². The van der Waals surface area contributed by atoms with E-state index in [1.54, 1.807) is 36.1 Å². The smallest absolute Gasteiger partial charge is 0.245 e. The Morgan fingerprint density at radius 3 is 2.48 bits per heavy atom. The lowest BCUT2D eigenvalue weighted by Gasteiger charge is -2.31. The monoisotopic (exact) mass is 420 g/mol. The molecule has 0 saturated carbocycles. The summed E-state index contributed by atoms with van der Waals surface area (Å²) < 4.78 is 16.0. The van der Waals surface area contributed by atoms with Gasteiger partial charge in [-0.2, -0.15) is 0 Å². The first-order valence-electron chi connectivity index (χ1n) is 9.96. The molecular formula is C21H21FN8O. The van der Waals surface area contributed by atoms with Gasteiger partial charge in [0.15, 0.2) is 11.5 Å². The zero-order valence-electron chi connectivity index (χ0n) is 17.2. The molecule has 31 heavy (non-hydrogen) atoms. The van der Waals surface area contributed by atoms with Gasteiger partial charge >= 0.3 is 0 Å². The van der Waals surface area contributed by atoms with Gasteiger partial charge in [0, 0.05) is 55.9 Å². The molecule has 0 amide bonds. The fourth-order valence-corrected chi connectivity index (χ4v) is 3.67. The van der Waals surface area contributed by atoms with Gasteiger partial charge in [-0.3, -0.25) is 0 Å². The molecule has 5 rings (SSSR count). The third-order valence-electron chi connectivity index (χ3n) is 5.41. The second-order valence-electron chi connectivity index (χ2n) is 7.72. The maximum Gasteiger partial charge on any atom is 0.245 e. The zero-order chi connectivity index (χ0) is 21.5. The zero-order valence-corrected chi connectivity index (χ0v) is 17.2. The summed E-state index contributed by atoms with van der Waals surface area (Å²) in [7, 11) is 2.08. The van der Waals surface area contributed by atoms with Crippen molar-refractivity contribution < 1.29 is 9.50 Å². The first-order chi connectivity index (χ1) is 15.0. The van der Waals surface area contributed by atoms with Crippen molar-refractivity contribution in [3.8, 4) is 28.3 Å². The number of piperazine rings is 1. The van der Waals surface area contributed by atoms with Crippen LogP contribution in [0.1, 0.15) is 5.69 Å².